The summed E-state index contributed by atoms with van der Waals surface area (Å²) in [5.41, 5.74) is 3.89. The standard InChI is InChI=1S/C24H25N3O5/c1-15-6-3-4-8-17(15)12-16-7-5-9-18(13-16)19(14-21(29)30)25-24(32)26-22-20(28)10-11-27(2)23(22)31/h3-11,13,19,22H,12,14H2,1-2H3,(H,29,30)(H2,25,26,32)/t19-,22?/m0/s1. The Bertz CT molecular complexity index is 1080. The van der Waals surface area contributed by atoms with Crippen molar-refractivity contribution >= 4 is 23.7 Å². The third-order valence-electron chi connectivity index (χ3n) is 5.31. The number of aliphatic carboxylic acids is 1. The smallest absolute Gasteiger partial charge is 0.316 e. The van der Waals surface area contributed by atoms with Gasteiger partial charge in [0.25, 0.3) is 5.91 Å². The molecule has 0 spiro atoms. The maximum Gasteiger partial charge on any atom is 0.316 e. The first-order chi connectivity index (χ1) is 15.2. The summed E-state index contributed by atoms with van der Waals surface area (Å²) in [5, 5.41) is 14.3. The first kappa shape index (κ1) is 22.7. The van der Waals surface area contributed by atoms with E-state index < -0.39 is 35.8 Å². The fourth-order valence-corrected chi connectivity index (χ4v) is 3.52. The van der Waals surface area contributed by atoms with E-state index in [1.165, 1.54) is 24.2 Å². The van der Waals surface area contributed by atoms with E-state index in [1.807, 2.05) is 49.4 Å². The van der Waals surface area contributed by atoms with Gasteiger partial charge in [-0.25, -0.2) is 4.79 Å². The van der Waals surface area contributed by atoms with Crippen LogP contribution in [0.25, 0.3) is 0 Å². The van der Waals surface area contributed by atoms with Gasteiger partial charge in [-0.2, -0.15) is 0 Å². The second kappa shape index (κ2) is 9.91. The lowest BCUT2D eigenvalue weighted by Crippen LogP contribution is -2.55. The summed E-state index contributed by atoms with van der Waals surface area (Å²) in [4.78, 5) is 49.3. The number of carbonyl (C=O) groups is 4. The highest BCUT2D eigenvalue weighted by Crippen LogP contribution is 2.21. The second-order valence-electron chi connectivity index (χ2n) is 7.72. The zero-order chi connectivity index (χ0) is 23.3. The van der Waals surface area contributed by atoms with Gasteiger partial charge < -0.3 is 20.6 Å². The van der Waals surface area contributed by atoms with E-state index in [1.54, 1.807) is 6.07 Å². The van der Waals surface area contributed by atoms with Crippen molar-refractivity contribution in [3.63, 3.8) is 0 Å². The number of benzene rings is 2. The highest BCUT2D eigenvalue weighted by molar-refractivity contribution is 6.14. The molecule has 2 atom stereocenters. The maximum absolute atomic E-state index is 12.5. The molecule has 8 nitrogen and oxygen atoms in total. The molecule has 0 aliphatic carbocycles. The number of ketones is 1. The zero-order valence-corrected chi connectivity index (χ0v) is 17.9. The molecule has 0 saturated heterocycles. The number of urea groups is 1. The van der Waals surface area contributed by atoms with Crippen LogP contribution in [0.2, 0.25) is 0 Å². The number of hydrogen-bond acceptors (Lipinski definition) is 4. The van der Waals surface area contributed by atoms with Crippen molar-refractivity contribution in [2.24, 2.45) is 0 Å². The number of carboxylic acid groups (broad SMARTS) is 1. The molecule has 3 rings (SSSR count). The molecule has 3 amide bonds. The van der Waals surface area contributed by atoms with Crippen molar-refractivity contribution < 1.29 is 24.3 Å². The molecule has 0 radical (unpaired) electrons. The van der Waals surface area contributed by atoms with Crippen LogP contribution in [0, 0.1) is 6.92 Å². The normalized spacial score (nSPS) is 16.6. The molecule has 8 heteroatoms. The van der Waals surface area contributed by atoms with Gasteiger partial charge in [-0.1, -0.05) is 48.5 Å². The van der Waals surface area contributed by atoms with Crippen LogP contribution in [0.3, 0.4) is 0 Å². The van der Waals surface area contributed by atoms with Gasteiger partial charge >= 0.3 is 12.0 Å². The number of aryl methyl sites for hydroxylation is 1. The molecular weight excluding hydrogens is 410 g/mol. The number of nitrogens with one attached hydrogen (secondary N) is 2. The van der Waals surface area contributed by atoms with E-state index in [0.29, 0.717) is 12.0 Å². The van der Waals surface area contributed by atoms with Crippen molar-refractivity contribution in [3.8, 4) is 0 Å². The van der Waals surface area contributed by atoms with Crippen molar-refractivity contribution in [1.82, 2.24) is 15.5 Å². The summed E-state index contributed by atoms with van der Waals surface area (Å²) in [6.45, 7) is 2.03. The van der Waals surface area contributed by atoms with E-state index in [2.05, 4.69) is 10.6 Å². The van der Waals surface area contributed by atoms with Crippen LogP contribution in [-0.2, 0) is 20.8 Å². The third kappa shape index (κ3) is 5.60. The number of hydrogen-bond donors (Lipinski definition) is 3. The van der Waals surface area contributed by atoms with Gasteiger partial charge in [0.1, 0.15) is 0 Å². The van der Waals surface area contributed by atoms with Gasteiger partial charge in [-0.05, 0) is 35.6 Å². The maximum atomic E-state index is 12.5. The van der Waals surface area contributed by atoms with Gasteiger partial charge in [0.2, 0.25) is 0 Å². The monoisotopic (exact) mass is 435 g/mol. The minimum atomic E-state index is -1.34. The van der Waals surface area contributed by atoms with Crippen molar-refractivity contribution in [2.75, 3.05) is 7.05 Å². The van der Waals surface area contributed by atoms with E-state index in [9.17, 15) is 24.3 Å². The van der Waals surface area contributed by atoms with Crippen molar-refractivity contribution in [1.29, 1.82) is 0 Å². The van der Waals surface area contributed by atoms with Crippen molar-refractivity contribution in [2.45, 2.75) is 31.8 Å². The summed E-state index contributed by atoms with van der Waals surface area (Å²) < 4.78 is 0. The van der Waals surface area contributed by atoms with E-state index in [4.69, 9.17) is 0 Å². The van der Waals surface area contributed by atoms with E-state index in [0.717, 1.165) is 16.7 Å². The average molecular weight is 435 g/mol. The Hall–Kier alpha value is -3.94. The topological polar surface area (TPSA) is 116 Å². The van der Waals surface area contributed by atoms with Gasteiger partial charge in [-0.3, -0.25) is 14.4 Å². The van der Waals surface area contributed by atoms with Crippen LogP contribution in [-0.4, -0.2) is 46.8 Å². The molecular formula is C24H25N3O5. The quantitative estimate of drug-likeness (QED) is 0.578. The Morgan fingerprint density at radius 2 is 1.88 bits per heavy atom. The lowest BCUT2D eigenvalue weighted by molar-refractivity contribution is -0.138. The van der Waals surface area contributed by atoms with Gasteiger partial charge in [0.15, 0.2) is 11.8 Å². The first-order valence-electron chi connectivity index (χ1n) is 10.2. The molecule has 3 N–H and O–H groups in total. The Labute approximate surface area is 185 Å². The lowest BCUT2D eigenvalue weighted by atomic mass is 9.96. The number of rotatable bonds is 7. The Morgan fingerprint density at radius 3 is 2.59 bits per heavy atom. The van der Waals surface area contributed by atoms with Crippen LogP contribution in [0.4, 0.5) is 4.79 Å². The minimum absolute atomic E-state index is 0.354. The molecule has 0 fully saturated rings. The summed E-state index contributed by atoms with van der Waals surface area (Å²) in [6, 6.07) is 12.4. The van der Waals surface area contributed by atoms with Crippen LogP contribution >= 0.6 is 0 Å². The largest absolute Gasteiger partial charge is 0.481 e. The summed E-state index contributed by atoms with van der Waals surface area (Å²) in [5.74, 6) is -2.20. The molecule has 0 aromatic heterocycles. The Kier molecular flexibility index (Phi) is 7.04. The van der Waals surface area contributed by atoms with Crippen LogP contribution < -0.4 is 10.6 Å². The summed E-state index contributed by atoms with van der Waals surface area (Å²) in [6.07, 6.45) is 2.84. The molecule has 2 aromatic carbocycles. The third-order valence-corrected chi connectivity index (χ3v) is 5.31. The minimum Gasteiger partial charge on any atom is -0.481 e. The molecule has 2 aromatic rings. The number of amides is 3. The van der Waals surface area contributed by atoms with Gasteiger partial charge in [0, 0.05) is 19.3 Å². The zero-order valence-electron chi connectivity index (χ0n) is 17.9. The van der Waals surface area contributed by atoms with Gasteiger partial charge in [0.05, 0.1) is 12.5 Å². The number of likely N-dealkylation sites (N-methyl/N-ethyl adjacent to an activating group) is 1. The molecule has 32 heavy (non-hydrogen) atoms. The average Bonchev–Trinajstić information content (AvgIpc) is 2.75. The Balaban J connectivity index is 1.76. The predicted octanol–water partition coefficient (Wildman–Crippen LogP) is 2.32. The number of carbonyl (C=O) groups excluding carboxylic acids is 3. The SMILES string of the molecule is Cc1ccccc1Cc1cccc([C@H](CC(=O)O)NC(=O)NC2C(=O)C=CN(C)C2=O)c1. The predicted molar refractivity (Wildman–Crippen MR) is 118 cm³/mol. The molecule has 0 saturated carbocycles. The fraction of sp³-hybridized carbons (Fsp3) is 0.250. The highest BCUT2D eigenvalue weighted by Gasteiger charge is 2.32. The van der Waals surface area contributed by atoms with Crippen molar-refractivity contribution in [3.05, 3.63) is 83.1 Å². The molecule has 0 bridgehead atoms. The summed E-state index contributed by atoms with van der Waals surface area (Å²) in [7, 11) is 1.48. The highest BCUT2D eigenvalue weighted by atomic mass is 16.4. The first-order valence-corrected chi connectivity index (χ1v) is 10.2. The van der Waals surface area contributed by atoms with Crippen LogP contribution in [0.5, 0.6) is 0 Å². The van der Waals surface area contributed by atoms with E-state index >= 15 is 0 Å². The van der Waals surface area contributed by atoms with Crippen LogP contribution in [0.1, 0.15) is 34.7 Å². The molecule has 166 valence electrons. The lowest BCUT2D eigenvalue weighted by Gasteiger charge is -2.25. The molecule has 1 heterocycles. The second-order valence-corrected chi connectivity index (χ2v) is 7.72. The number of carboxylic acids is 1. The molecule has 1 aliphatic rings. The number of nitrogens with zero attached hydrogens (tertiary/aromatic N) is 1. The molecule has 1 aliphatic heterocycles. The Morgan fingerprint density at radius 1 is 1.12 bits per heavy atom. The summed E-state index contributed by atoms with van der Waals surface area (Å²) >= 11 is 0. The van der Waals surface area contributed by atoms with Crippen LogP contribution in [0.15, 0.2) is 60.8 Å². The van der Waals surface area contributed by atoms with Gasteiger partial charge in [-0.15, -0.1) is 0 Å². The van der Waals surface area contributed by atoms with E-state index in [-0.39, 0.29) is 6.42 Å². The molecule has 1 unspecified atom stereocenters. The fourth-order valence-electron chi connectivity index (χ4n) is 3.52.